The van der Waals surface area contributed by atoms with Crippen LogP contribution in [-0.4, -0.2) is 9.55 Å². The maximum atomic E-state index is 6.15. The van der Waals surface area contributed by atoms with Crippen molar-refractivity contribution in [3.8, 4) is 0 Å². The van der Waals surface area contributed by atoms with Gasteiger partial charge in [-0.2, -0.15) is 0 Å². The maximum Gasteiger partial charge on any atom is 0.127 e. The number of imidazole rings is 1. The van der Waals surface area contributed by atoms with E-state index in [1.54, 1.807) is 0 Å². The molecule has 86 valence electrons. The second-order valence-corrected chi connectivity index (χ2v) is 4.97. The number of rotatable bonds is 3. The van der Waals surface area contributed by atoms with E-state index in [1.165, 1.54) is 0 Å². The topological polar surface area (TPSA) is 43.8 Å². The van der Waals surface area contributed by atoms with Crippen LogP contribution in [0.25, 0.3) is 0 Å². The van der Waals surface area contributed by atoms with Crippen molar-refractivity contribution < 1.29 is 0 Å². The van der Waals surface area contributed by atoms with Crippen LogP contribution < -0.4 is 5.73 Å². The zero-order chi connectivity index (χ0) is 11.6. The van der Waals surface area contributed by atoms with Gasteiger partial charge < -0.3 is 10.3 Å². The van der Waals surface area contributed by atoms with Gasteiger partial charge in [0.1, 0.15) is 11.6 Å². The van der Waals surface area contributed by atoms with E-state index < -0.39 is 0 Å². The zero-order valence-corrected chi connectivity index (χ0v) is 10.6. The van der Waals surface area contributed by atoms with E-state index in [0.717, 1.165) is 36.6 Å². The van der Waals surface area contributed by atoms with Gasteiger partial charge in [0.25, 0.3) is 0 Å². The molecule has 0 saturated heterocycles. The van der Waals surface area contributed by atoms with Crippen molar-refractivity contribution in [3.63, 3.8) is 0 Å². The lowest BCUT2D eigenvalue weighted by molar-refractivity contribution is 0.389. The van der Waals surface area contributed by atoms with Crippen LogP contribution in [0.15, 0.2) is 0 Å². The van der Waals surface area contributed by atoms with Crippen molar-refractivity contribution in [1.82, 2.24) is 9.55 Å². The Kier molecular flexibility index (Phi) is 3.42. The summed E-state index contributed by atoms with van der Waals surface area (Å²) in [4.78, 5) is 4.62. The van der Waals surface area contributed by atoms with Crippen molar-refractivity contribution in [3.05, 3.63) is 11.5 Å². The summed E-state index contributed by atoms with van der Waals surface area (Å²) in [5, 5.41) is 0. The number of nitrogens with two attached hydrogens (primary N) is 1. The number of aromatic nitrogens is 2. The first kappa shape index (κ1) is 12.1. The van der Waals surface area contributed by atoms with Crippen molar-refractivity contribution in [2.45, 2.75) is 59.4 Å². The average Bonchev–Trinajstić information content (AvgIpc) is 2.43. The summed E-state index contributed by atoms with van der Waals surface area (Å²) >= 11 is 0. The van der Waals surface area contributed by atoms with Gasteiger partial charge in [-0.15, -0.1) is 0 Å². The number of nitrogen functional groups attached to an aromatic ring is 1. The van der Waals surface area contributed by atoms with E-state index in [9.17, 15) is 0 Å². The Bertz CT molecular complexity index is 331. The highest BCUT2D eigenvalue weighted by atomic mass is 15.2. The van der Waals surface area contributed by atoms with Gasteiger partial charge in [-0.25, -0.2) is 4.98 Å². The van der Waals surface area contributed by atoms with Crippen molar-refractivity contribution in [2.75, 3.05) is 5.73 Å². The van der Waals surface area contributed by atoms with Gasteiger partial charge in [0.2, 0.25) is 0 Å². The van der Waals surface area contributed by atoms with Crippen LogP contribution in [0.2, 0.25) is 0 Å². The Hall–Kier alpha value is -0.990. The normalized spacial score (nSPS) is 12.1. The molecule has 15 heavy (non-hydrogen) atoms. The highest BCUT2D eigenvalue weighted by Crippen LogP contribution is 2.25. The molecule has 0 radical (unpaired) electrons. The quantitative estimate of drug-likeness (QED) is 0.832. The van der Waals surface area contributed by atoms with Crippen LogP contribution in [0.1, 0.15) is 52.6 Å². The molecule has 0 aliphatic rings. The smallest absolute Gasteiger partial charge is 0.127 e. The van der Waals surface area contributed by atoms with Crippen molar-refractivity contribution >= 4 is 5.82 Å². The van der Waals surface area contributed by atoms with Crippen LogP contribution in [-0.2, 0) is 18.4 Å². The summed E-state index contributed by atoms with van der Waals surface area (Å²) in [6.45, 7) is 10.8. The lowest BCUT2D eigenvalue weighted by atomic mass is 10.1. The van der Waals surface area contributed by atoms with E-state index in [2.05, 4.69) is 44.2 Å². The van der Waals surface area contributed by atoms with E-state index in [1.807, 2.05) is 0 Å². The molecule has 0 aliphatic carbocycles. The van der Waals surface area contributed by atoms with Gasteiger partial charge in [-0.3, -0.25) is 0 Å². The van der Waals surface area contributed by atoms with Gasteiger partial charge in [-0.1, -0.05) is 20.3 Å². The lowest BCUT2D eigenvalue weighted by Gasteiger charge is -2.24. The molecular formula is C12H23N3. The third-order valence-electron chi connectivity index (χ3n) is 2.53. The molecule has 2 N–H and O–H groups in total. The Balaban J connectivity index is 3.23. The average molecular weight is 209 g/mol. The Morgan fingerprint density at radius 1 is 1.27 bits per heavy atom. The van der Waals surface area contributed by atoms with Gasteiger partial charge in [0.05, 0.1) is 5.69 Å². The molecule has 1 aromatic heterocycles. The molecule has 0 aromatic carbocycles. The summed E-state index contributed by atoms with van der Waals surface area (Å²) in [5.74, 6) is 1.95. The van der Waals surface area contributed by atoms with E-state index in [4.69, 9.17) is 5.73 Å². The minimum Gasteiger partial charge on any atom is -0.384 e. The molecule has 0 spiro atoms. The predicted octanol–water partition coefficient (Wildman–Crippen LogP) is 2.74. The molecule has 0 atom stereocenters. The molecule has 0 unspecified atom stereocenters. The van der Waals surface area contributed by atoms with Crippen molar-refractivity contribution in [2.24, 2.45) is 0 Å². The molecule has 0 bridgehead atoms. The zero-order valence-electron chi connectivity index (χ0n) is 10.6. The number of aryl methyl sites for hydroxylation is 2. The van der Waals surface area contributed by atoms with Crippen LogP contribution in [0, 0.1) is 0 Å². The first-order valence-corrected chi connectivity index (χ1v) is 5.78. The fraction of sp³-hybridized carbons (Fsp3) is 0.750. The first-order chi connectivity index (χ1) is 6.91. The van der Waals surface area contributed by atoms with Gasteiger partial charge in [0.15, 0.2) is 0 Å². The molecule has 1 heterocycles. The Labute approximate surface area is 92.7 Å². The third-order valence-corrected chi connectivity index (χ3v) is 2.53. The Morgan fingerprint density at radius 2 is 1.87 bits per heavy atom. The van der Waals surface area contributed by atoms with Crippen LogP contribution >= 0.6 is 0 Å². The fourth-order valence-electron chi connectivity index (χ4n) is 1.94. The molecule has 0 fully saturated rings. The standard InChI is InChI=1S/C12H23N3/c1-6-8-9-11(13)15(12(3,4)5)10(7-2)14-9/h6-8,13H2,1-5H3. The van der Waals surface area contributed by atoms with E-state index in [0.29, 0.717) is 0 Å². The first-order valence-electron chi connectivity index (χ1n) is 5.78. The molecule has 0 amide bonds. The minimum atomic E-state index is 0.0222. The van der Waals surface area contributed by atoms with Gasteiger partial charge >= 0.3 is 0 Å². The molecular weight excluding hydrogens is 186 g/mol. The van der Waals surface area contributed by atoms with Crippen molar-refractivity contribution in [1.29, 1.82) is 0 Å². The predicted molar refractivity (Wildman–Crippen MR) is 65.0 cm³/mol. The molecule has 3 nitrogen and oxygen atoms in total. The number of hydrogen-bond acceptors (Lipinski definition) is 2. The van der Waals surface area contributed by atoms with Crippen LogP contribution in [0.5, 0.6) is 0 Å². The second kappa shape index (κ2) is 4.25. The minimum absolute atomic E-state index is 0.0222. The van der Waals surface area contributed by atoms with E-state index >= 15 is 0 Å². The van der Waals surface area contributed by atoms with Gasteiger partial charge in [-0.05, 0) is 27.2 Å². The third kappa shape index (κ3) is 2.33. The van der Waals surface area contributed by atoms with Gasteiger partial charge in [0, 0.05) is 12.0 Å². The molecule has 1 aromatic rings. The molecule has 3 heteroatoms. The number of nitrogens with zero attached hydrogens (tertiary/aromatic N) is 2. The van der Waals surface area contributed by atoms with Crippen LogP contribution in [0.3, 0.4) is 0 Å². The highest BCUT2D eigenvalue weighted by molar-refractivity contribution is 5.39. The second-order valence-electron chi connectivity index (χ2n) is 4.97. The number of hydrogen-bond donors (Lipinski definition) is 1. The summed E-state index contributed by atoms with van der Waals surface area (Å²) in [5.41, 5.74) is 7.23. The summed E-state index contributed by atoms with van der Waals surface area (Å²) in [6, 6.07) is 0. The van der Waals surface area contributed by atoms with E-state index in [-0.39, 0.29) is 5.54 Å². The molecule has 0 saturated carbocycles. The molecule has 0 aliphatic heterocycles. The Morgan fingerprint density at radius 3 is 2.20 bits per heavy atom. The SMILES string of the molecule is CCCc1nc(CC)n(C(C)(C)C)c1N. The summed E-state index contributed by atoms with van der Waals surface area (Å²) in [6.07, 6.45) is 3.00. The fourth-order valence-corrected chi connectivity index (χ4v) is 1.94. The maximum absolute atomic E-state index is 6.15. The van der Waals surface area contributed by atoms with Crippen LogP contribution in [0.4, 0.5) is 5.82 Å². The highest BCUT2D eigenvalue weighted by Gasteiger charge is 2.22. The molecule has 1 rings (SSSR count). The number of anilines is 1. The largest absolute Gasteiger partial charge is 0.384 e. The monoisotopic (exact) mass is 209 g/mol. The summed E-state index contributed by atoms with van der Waals surface area (Å²) < 4.78 is 2.16. The lowest BCUT2D eigenvalue weighted by Crippen LogP contribution is -2.25. The summed E-state index contributed by atoms with van der Waals surface area (Å²) in [7, 11) is 0.